The molecular weight excluding hydrogens is 318 g/mol. The van der Waals surface area contributed by atoms with Gasteiger partial charge in [0.1, 0.15) is 18.9 Å². The summed E-state index contributed by atoms with van der Waals surface area (Å²) < 4.78 is 11.2. The fourth-order valence-corrected chi connectivity index (χ4v) is 2.92. The summed E-state index contributed by atoms with van der Waals surface area (Å²) in [7, 11) is 0. The monoisotopic (exact) mass is 339 g/mol. The van der Waals surface area contributed by atoms with Crippen LogP contribution in [0.3, 0.4) is 0 Å². The van der Waals surface area contributed by atoms with Gasteiger partial charge in [0.2, 0.25) is 0 Å². The van der Waals surface area contributed by atoms with Crippen LogP contribution >= 0.6 is 0 Å². The van der Waals surface area contributed by atoms with E-state index in [1.165, 1.54) is 4.90 Å². The molecule has 1 amide bonds. The van der Waals surface area contributed by atoms with E-state index >= 15 is 0 Å². The maximum absolute atomic E-state index is 12.3. The van der Waals surface area contributed by atoms with Gasteiger partial charge in [0, 0.05) is 6.54 Å². The minimum atomic E-state index is -0.605. The zero-order valence-electron chi connectivity index (χ0n) is 13.9. The highest BCUT2D eigenvalue weighted by molar-refractivity contribution is 5.74. The van der Waals surface area contributed by atoms with Crippen LogP contribution in [0.25, 0.3) is 0 Å². The Balaban J connectivity index is 1.53. The maximum Gasteiger partial charge on any atom is 0.410 e. The third-order valence-corrected chi connectivity index (χ3v) is 4.28. The van der Waals surface area contributed by atoms with Gasteiger partial charge in [0.25, 0.3) is 0 Å². The first-order chi connectivity index (χ1) is 12.3. The molecule has 5 nitrogen and oxygen atoms in total. The second-order valence-corrected chi connectivity index (χ2v) is 5.98. The number of ether oxygens (including phenoxy) is 2. The summed E-state index contributed by atoms with van der Waals surface area (Å²) >= 11 is 0. The summed E-state index contributed by atoms with van der Waals surface area (Å²) in [5, 5.41) is 0. The molecule has 3 rings (SSSR count). The molecule has 2 atom stereocenters. The highest BCUT2D eigenvalue weighted by atomic mass is 16.6. The molecule has 1 unspecified atom stereocenters. The van der Waals surface area contributed by atoms with Gasteiger partial charge < -0.3 is 14.3 Å². The van der Waals surface area contributed by atoms with Crippen molar-refractivity contribution < 1.29 is 19.1 Å². The fraction of sp³-hybridized carbons (Fsp3) is 0.300. The molecule has 0 bridgehead atoms. The SMILES string of the molecule is O=C[C@H]1C(OCc2ccccc2)CCN1C(=O)OCc1ccccc1. The van der Waals surface area contributed by atoms with E-state index in [4.69, 9.17) is 9.47 Å². The van der Waals surface area contributed by atoms with Crippen LogP contribution in [0.15, 0.2) is 60.7 Å². The Labute approximate surface area is 147 Å². The summed E-state index contributed by atoms with van der Waals surface area (Å²) in [5.74, 6) is 0. The summed E-state index contributed by atoms with van der Waals surface area (Å²) in [5.41, 5.74) is 1.95. The lowest BCUT2D eigenvalue weighted by Crippen LogP contribution is -2.41. The minimum absolute atomic E-state index is 0.192. The van der Waals surface area contributed by atoms with Crippen molar-refractivity contribution in [1.29, 1.82) is 0 Å². The molecule has 0 N–H and O–H groups in total. The Hall–Kier alpha value is -2.66. The lowest BCUT2D eigenvalue weighted by atomic mass is 10.2. The molecular formula is C20H21NO4. The molecule has 5 heteroatoms. The average Bonchev–Trinajstić information content (AvgIpc) is 3.09. The first-order valence-electron chi connectivity index (χ1n) is 8.36. The highest BCUT2D eigenvalue weighted by Gasteiger charge is 2.38. The number of hydrogen-bond donors (Lipinski definition) is 0. The predicted molar refractivity (Wildman–Crippen MR) is 92.8 cm³/mol. The van der Waals surface area contributed by atoms with Gasteiger partial charge in [-0.15, -0.1) is 0 Å². The number of nitrogens with zero attached hydrogens (tertiary/aromatic N) is 1. The quantitative estimate of drug-likeness (QED) is 0.759. The van der Waals surface area contributed by atoms with Gasteiger partial charge in [-0.2, -0.15) is 0 Å². The van der Waals surface area contributed by atoms with Crippen molar-refractivity contribution >= 4 is 12.4 Å². The zero-order chi connectivity index (χ0) is 17.5. The van der Waals surface area contributed by atoms with Crippen molar-refractivity contribution in [3.8, 4) is 0 Å². The van der Waals surface area contributed by atoms with E-state index in [0.717, 1.165) is 17.4 Å². The third kappa shape index (κ3) is 4.45. The van der Waals surface area contributed by atoms with Crippen molar-refractivity contribution in [2.45, 2.75) is 31.8 Å². The first-order valence-corrected chi connectivity index (χ1v) is 8.36. The topological polar surface area (TPSA) is 55.8 Å². The molecule has 0 saturated carbocycles. The summed E-state index contributed by atoms with van der Waals surface area (Å²) in [6.07, 6.45) is 0.608. The number of amides is 1. The van der Waals surface area contributed by atoms with Gasteiger partial charge in [-0.3, -0.25) is 4.90 Å². The van der Waals surface area contributed by atoms with Crippen molar-refractivity contribution in [2.75, 3.05) is 6.54 Å². The molecule has 0 aromatic heterocycles. The minimum Gasteiger partial charge on any atom is -0.445 e. The van der Waals surface area contributed by atoms with E-state index in [2.05, 4.69) is 0 Å². The summed E-state index contributed by atoms with van der Waals surface area (Å²) in [6.45, 7) is 1.07. The molecule has 1 fully saturated rings. The fourth-order valence-electron chi connectivity index (χ4n) is 2.92. The van der Waals surface area contributed by atoms with Crippen LogP contribution in [0.5, 0.6) is 0 Å². The van der Waals surface area contributed by atoms with Crippen LogP contribution in [-0.2, 0) is 27.5 Å². The maximum atomic E-state index is 12.3. The number of hydrogen-bond acceptors (Lipinski definition) is 4. The van der Waals surface area contributed by atoms with Crippen LogP contribution in [0.1, 0.15) is 17.5 Å². The van der Waals surface area contributed by atoms with Gasteiger partial charge in [-0.25, -0.2) is 4.79 Å². The van der Waals surface area contributed by atoms with E-state index in [-0.39, 0.29) is 12.7 Å². The van der Waals surface area contributed by atoms with E-state index in [1.54, 1.807) is 0 Å². The van der Waals surface area contributed by atoms with Crippen LogP contribution in [0.4, 0.5) is 4.79 Å². The number of likely N-dealkylation sites (tertiary alicyclic amines) is 1. The van der Waals surface area contributed by atoms with Crippen molar-refractivity contribution in [3.05, 3.63) is 71.8 Å². The molecule has 1 aliphatic rings. The molecule has 1 heterocycles. The molecule has 0 aliphatic carbocycles. The molecule has 0 radical (unpaired) electrons. The molecule has 25 heavy (non-hydrogen) atoms. The standard InChI is InChI=1S/C20H21NO4/c22-13-18-19(24-14-16-7-3-1-4-8-16)11-12-21(18)20(23)25-15-17-9-5-2-6-10-17/h1-10,13,18-19H,11-12,14-15H2/t18-,19?/m0/s1. The van der Waals surface area contributed by atoms with Gasteiger partial charge in [-0.05, 0) is 17.5 Å². The smallest absolute Gasteiger partial charge is 0.410 e. The van der Waals surface area contributed by atoms with E-state index in [1.807, 2.05) is 60.7 Å². The number of carbonyl (C=O) groups excluding carboxylic acids is 2. The molecule has 130 valence electrons. The van der Waals surface area contributed by atoms with Gasteiger partial charge in [0.05, 0.1) is 12.7 Å². The largest absolute Gasteiger partial charge is 0.445 e. The van der Waals surface area contributed by atoms with Crippen LogP contribution < -0.4 is 0 Å². The van der Waals surface area contributed by atoms with E-state index in [9.17, 15) is 9.59 Å². The Morgan fingerprint density at radius 3 is 2.20 bits per heavy atom. The summed E-state index contributed by atoms with van der Waals surface area (Å²) in [4.78, 5) is 25.2. The molecule has 1 saturated heterocycles. The number of benzene rings is 2. The van der Waals surface area contributed by atoms with Gasteiger partial charge >= 0.3 is 6.09 Å². The van der Waals surface area contributed by atoms with Crippen LogP contribution in [0, 0.1) is 0 Å². The Morgan fingerprint density at radius 2 is 1.60 bits per heavy atom. The van der Waals surface area contributed by atoms with Gasteiger partial charge in [0.15, 0.2) is 0 Å². The first kappa shape index (κ1) is 17.2. The Bertz CT molecular complexity index is 689. The highest BCUT2D eigenvalue weighted by Crippen LogP contribution is 2.22. The van der Waals surface area contributed by atoms with Crippen molar-refractivity contribution in [2.24, 2.45) is 0 Å². The average molecular weight is 339 g/mol. The van der Waals surface area contributed by atoms with E-state index in [0.29, 0.717) is 19.6 Å². The zero-order valence-corrected chi connectivity index (χ0v) is 13.9. The number of rotatable bonds is 6. The molecule has 1 aliphatic heterocycles. The second kappa shape index (κ2) is 8.44. The third-order valence-electron chi connectivity index (χ3n) is 4.28. The Kier molecular flexibility index (Phi) is 5.80. The normalized spacial score (nSPS) is 19.6. The van der Waals surface area contributed by atoms with E-state index < -0.39 is 12.1 Å². The lowest BCUT2D eigenvalue weighted by molar-refractivity contribution is -0.115. The van der Waals surface area contributed by atoms with Crippen LogP contribution in [0.2, 0.25) is 0 Å². The second-order valence-electron chi connectivity index (χ2n) is 5.98. The number of aldehydes is 1. The number of carbonyl (C=O) groups is 2. The molecule has 0 spiro atoms. The lowest BCUT2D eigenvalue weighted by Gasteiger charge is -2.23. The molecule has 2 aromatic rings. The Morgan fingerprint density at radius 1 is 1.00 bits per heavy atom. The predicted octanol–water partition coefficient (Wildman–Crippen LogP) is 3.18. The van der Waals surface area contributed by atoms with Crippen LogP contribution in [-0.4, -0.2) is 36.0 Å². The summed E-state index contributed by atoms with van der Waals surface area (Å²) in [6, 6.07) is 18.6. The molecule has 2 aromatic carbocycles. The van der Waals surface area contributed by atoms with Gasteiger partial charge in [-0.1, -0.05) is 60.7 Å². The van der Waals surface area contributed by atoms with Crippen molar-refractivity contribution in [3.63, 3.8) is 0 Å². The van der Waals surface area contributed by atoms with Crippen molar-refractivity contribution in [1.82, 2.24) is 4.90 Å².